The van der Waals surface area contributed by atoms with Crippen LogP contribution in [0.1, 0.15) is 41.5 Å². The number of ether oxygens (including phenoxy) is 3. The van der Waals surface area contributed by atoms with Crippen LogP contribution in [0.15, 0.2) is 0 Å². The zero-order valence-electron chi connectivity index (χ0n) is 14.9. The van der Waals surface area contributed by atoms with Crippen molar-refractivity contribution in [1.82, 2.24) is 5.32 Å². The standard InChI is InChI=1S/C14H27FNO7P/c1-7-21-14(6,22-8-2)24(19,20)11(15)10(17)9-16-12(18)23-13(3,4)5/h11H,7-9H2,1-6H3,(H,16,18)(H,19,20). The van der Waals surface area contributed by atoms with Gasteiger partial charge in [-0.3, -0.25) is 9.36 Å². The van der Waals surface area contributed by atoms with E-state index in [9.17, 15) is 23.4 Å². The topological polar surface area (TPSA) is 111 Å². The minimum Gasteiger partial charge on any atom is -0.444 e. The minimum absolute atomic E-state index is 0.0158. The van der Waals surface area contributed by atoms with Gasteiger partial charge in [-0.25, -0.2) is 9.18 Å². The van der Waals surface area contributed by atoms with Gasteiger partial charge < -0.3 is 24.4 Å². The van der Waals surface area contributed by atoms with E-state index in [4.69, 9.17) is 14.2 Å². The van der Waals surface area contributed by atoms with Crippen molar-refractivity contribution in [2.45, 2.75) is 58.6 Å². The second-order valence-corrected chi connectivity index (χ2v) is 8.56. The van der Waals surface area contributed by atoms with Crippen LogP contribution in [-0.2, 0) is 23.6 Å². The predicted molar refractivity (Wildman–Crippen MR) is 85.6 cm³/mol. The number of Topliss-reactive ketones (excluding diaryl/α,β-unsaturated/α-hetero) is 1. The zero-order chi connectivity index (χ0) is 19.2. The number of hydrogen-bond acceptors (Lipinski definition) is 6. The molecule has 8 nitrogen and oxygen atoms in total. The number of amides is 1. The fourth-order valence-corrected chi connectivity index (χ4v) is 3.24. The van der Waals surface area contributed by atoms with Gasteiger partial charge in [-0.2, -0.15) is 0 Å². The SMILES string of the molecule is CCOC(C)(OCC)P(=O)(O)C(F)C(=O)CNC(=O)OC(C)(C)C. The second kappa shape index (κ2) is 8.89. The van der Waals surface area contributed by atoms with Crippen molar-refractivity contribution >= 4 is 19.2 Å². The van der Waals surface area contributed by atoms with Crippen LogP contribution in [0.4, 0.5) is 9.18 Å². The smallest absolute Gasteiger partial charge is 0.408 e. The van der Waals surface area contributed by atoms with Gasteiger partial charge in [-0.15, -0.1) is 0 Å². The summed E-state index contributed by atoms with van der Waals surface area (Å²) >= 11 is 0. The molecule has 0 aromatic rings. The molecule has 0 bridgehead atoms. The molecule has 0 aliphatic heterocycles. The first-order chi connectivity index (χ1) is 10.8. The quantitative estimate of drug-likeness (QED) is 0.473. The molecular formula is C14H27FNO7P. The highest BCUT2D eigenvalue weighted by Crippen LogP contribution is 2.60. The van der Waals surface area contributed by atoms with Gasteiger partial charge in [-0.05, 0) is 41.5 Å². The van der Waals surface area contributed by atoms with E-state index in [0.29, 0.717) is 0 Å². The molecule has 2 atom stereocenters. The van der Waals surface area contributed by atoms with E-state index in [-0.39, 0.29) is 13.2 Å². The fourth-order valence-electron chi connectivity index (χ4n) is 1.72. The van der Waals surface area contributed by atoms with Crippen molar-refractivity contribution in [3.63, 3.8) is 0 Å². The summed E-state index contributed by atoms with van der Waals surface area (Å²) in [6.07, 6.45) is -0.937. The van der Waals surface area contributed by atoms with E-state index in [1.807, 2.05) is 5.32 Å². The lowest BCUT2D eigenvalue weighted by Gasteiger charge is -2.34. The molecule has 0 aromatic heterocycles. The summed E-state index contributed by atoms with van der Waals surface area (Å²) in [7, 11) is -4.85. The van der Waals surface area contributed by atoms with Gasteiger partial charge in [0.15, 0.2) is 5.78 Å². The van der Waals surface area contributed by atoms with E-state index in [1.165, 1.54) is 13.8 Å². The number of alkyl halides is 1. The third-order valence-corrected chi connectivity index (χ3v) is 5.11. The maximum absolute atomic E-state index is 14.3. The summed E-state index contributed by atoms with van der Waals surface area (Å²) < 4.78 is 41.7. The maximum Gasteiger partial charge on any atom is 0.408 e. The lowest BCUT2D eigenvalue weighted by atomic mass is 10.2. The first-order valence-corrected chi connectivity index (χ1v) is 9.27. The lowest BCUT2D eigenvalue weighted by molar-refractivity contribution is -0.168. The predicted octanol–water partition coefficient (Wildman–Crippen LogP) is 2.39. The summed E-state index contributed by atoms with van der Waals surface area (Å²) in [6, 6.07) is 0. The van der Waals surface area contributed by atoms with Crippen molar-refractivity contribution in [3.8, 4) is 0 Å². The van der Waals surface area contributed by atoms with E-state index in [1.54, 1.807) is 20.8 Å². The molecule has 24 heavy (non-hydrogen) atoms. The van der Waals surface area contributed by atoms with Crippen LogP contribution < -0.4 is 5.32 Å². The van der Waals surface area contributed by atoms with Gasteiger partial charge in [0.2, 0.25) is 11.4 Å². The van der Waals surface area contributed by atoms with Crippen molar-refractivity contribution in [2.75, 3.05) is 19.8 Å². The second-order valence-electron chi connectivity index (χ2n) is 6.04. The number of alkyl carbamates (subject to hydrolysis) is 1. The molecule has 0 saturated carbocycles. The molecular weight excluding hydrogens is 344 g/mol. The third-order valence-electron chi connectivity index (χ3n) is 2.79. The molecule has 0 saturated heterocycles. The molecule has 0 fully saturated rings. The highest BCUT2D eigenvalue weighted by atomic mass is 31.2. The molecule has 0 radical (unpaired) electrons. The molecule has 10 heteroatoms. The molecule has 1 amide bonds. The van der Waals surface area contributed by atoms with E-state index in [0.717, 1.165) is 6.92 Å². The first-order valence-electron chi connectivity index (χ1n) is 7.54. The Labute approximate surface area is 141 Å². The summed E-state index contributed by atoms with van der Waals surface area (Å²) in [5.41, 5.74) is -2.95. The molecule has 2 unspecified atom stereocenters. The molecule has 142 valence electrons. The van der Waals surface area contributed by atoms with Gasteiger partial charge in [0, 0.05) is 13.2 Å². The van der Waals surface area contributed by atoms with Crippen LogP contribution in [0, 0.1) is 0 Å². The number of halogens is 1. The average Bonchev–Trinajstić information content (AvgIpc) is 2.42. The Bertz CT molecular complexity index is 486. The largest absolute Gasteiger partial charge is 0.444 e. The Morgan fingerprint density at radius 1 is 1.17 bits per heavy atom. The number of carbonyl (C=O) groups excluding carboxylic acids is 2. The van der Waals surface area contributed by atoms with Crippen LogP contribution in [0.5, 0.6) is 0 Å². The minimum atomic E-state index is -4.85. The summed E-state index contributed by atoms with van der Waals surface area (Å²) in [6.45, 7) is 8.19. The maximum atomic E-state index is 14.3. The normalized spacial score (nSPS) is 16.2. The fraction of sp³-hybridized carbons (Fsp3) is 0.857. The van der Waals surface area contributed by atoms with Gasteiger partial charge in [0.05, 0.1) is 6.54 Å². The van der Waals surface area contributed by atoms with Crippen LogP contribution >= 0.6 is 7.37 Å². The van der Waals surface area contributed by atoms with Crippen molar-refractivity contribution in [3.05, 3.63) is 0 Å². The first kappa shape index (κ1) is 23.0. The number of ketones is 1. The van der Waals surface area contributed by atoms with Crippen LogP contribution in [0.25, 0.3) is 0 Å². The highest BCUT2D eigenvalue weighted by molar-refractivity contribution is 7.60. The monoisotopic (exact) mass is 371 g/mol. The third kappa shape index (κ3) is 6.47. The van der Waals surface area contributed by atoms with Crippen LogP contribution in [0.2, 0.25) is 0 Å². The Balaban J connectivity index is 4.97. The average molecular weight is 371 g/mol. The Hall–Kier alpha value is -1.02. The number of hydrogen-bond donors (Lipinski definition) is 2. The van der Waals surface area contributed by atoms with Gasteiger partial charge in [0.1, 0.15) is 5.60 Å². The molecule has 0 aliphatic rings. The molecule has 0 heterocycles. The van der Waals surface area contributed by atoms with E-state index in [2.05, 4.69) is 0 Å². The number of rotatable bonds is 9. The highest BCUT2D eigenvalue weighted by Gasteiger charge is 2.54. The molecule has 0 aromatic carbocycles. The summed E-state index contributed by atoms with van der Waals surface area (Å²) in [5, 5.41) is 2.04. The zero-order valence-corrected chi connectivity index (χ0v) is 15.8. The number of carbonyl (C=O) groups is 2. The molecule has 0 aliphatic carbocycles. The molecule has 0 rings (SSSR count). The molecule has 0 spiro atoms. The van der Waals surface area contributed by atoms with Crippen LogP contribution in [-0.4, -0.2) is 53.6 Å². The van der Waals surface area contributed by atoms with E-state index < -0.39 is 42.8 Å². The molecule has 2 N–H and O–H groups in total. The number of nitrogens with one attached hydrogen (secondary N) is 1. The van der Waals surface area contributed by atoms with Gasteiger partial charge in [0.25, 0.3) is 7.37 Å². The lowest BCUT2D eigenvalue weighted by Crippen LogP contribution is -2.41. The summed E-state index contributed by atoms with van der Waals surface area (Å²) in [5.74, 6) is -4.05. The van der Waals surface area contributed by atoms with Crippen molar-refractivity contribution in [1.29, 1.82) is 0 Å². The van der Waals surface area contributed by atoms with Gasteiger partial charge in [-0.1, -0.05) is 0 Å². The van der Waals surface area contributed by atoms with Gasteiger partial charge >= 0.3 is 6.09 Å². The Morgan fingerprint density at radius 3 is 2.00 bits per heavy atom. The Kier molecular flexibility index (Phi) is 8.52. The van der Waals surface area contributed by atoms with Crippen molar-refractivity contribution in [2.24, 2.45) is 0 Å². The van der Waals surface area contributed by atoms with Crippen LogP contribution in [0.3, 0.4) is 0 Å². The van der Waals surface area contributed by atoms with Crippen molar-refractivity contribution < 1.29 is 37.6 Å². The van der Waals surface area contributed by atoms with E-state index >= 15 is 0 Å². The summed E-state index contributed by atoms with van der Waals surface area (Å²) in [4.78, 5) is 33.3. The Morgan fingerprint density at radius 2 is 1.62 bits per heavy atom.